The molecule has 0 bridgehead atoms. The van der Waals surface area contributed by atoms with Gasteiger partial charge in [-0.3, -0.25) is 0 Å². The van der Waals surface area contributed by atoms with Gasteiger partial charge in [0.05, 0.1) is 16.7 Å². The molecule has 19 heavy (non-hydrogen) atoms. The fourth-order valence-corrected chi connectivity index (χ4v) is 2.54. The third kappa shape index (κ3) is 2.94. The summed E-state index contributed by atoms with van der Waals surface area (Å²) in [6, 6.07) is 7.43. The van der Waals surface area contributed by atoms with Gasteiger partial charge in [0, 0.05) is 22.9 Å². The van der Waals surface area contributed by atoms with Gasteiger partial charge in [-0.05, 0) is 31.2 Å². The zero-order valence-corrected chi connectivity index (χ0v) is 11.7. The molecule has 2 aromatic carbocycles. The van der Waals surface area contributed by atoms with Crippen molar-refractivity contribution >= 4 is 28.9 Å². The average Bonchev–Trinajstić information content (AvgIpc) is 2.31. The molecule has 0 unspecified atom stereocenters. The molecule has 0 spiro atoms. The molecule has 0 fully saturated rings. The Morgan fingerprint density at radius 2 is 1.79 bits per heavy atom. The van der Waals surface area contributed by atoms with E-state index < -0.39 is 0 Å². The fraction of sp³-hybridized carbons (Fsp3) is 0.143. The minimum atomic E-state index is -0.380. The number of ether oxygens (including phenoxy) is 1. The van der Waals surface area contributed by atoms with Crippen LogP contribution in [-0.2, 0) is 0 Å². The summed E-state index contributed by atoms with van der Waals surface area (Å²) in [7, 11) is 0. The van der Waals surface area contributed by atoms with Gasteiger partial charge in [0.2, 0.25) is 0 Å². The number of nitrogen functional groups attached to an aromatic ring is 1. The predicted octanol–water partition coefficient (Wildman–Crippen LogP) is 4.78. The van der Waals surface area contributed by atoms with Crippen LogP contribution in [0.25, 0.3) is 11.1 Å². The van der Waals surface area contributed by atoms with Gasteiger partial charge in [-0.15, -0.1) is 0 Å². The van der Waals surface area contributed by atoms with E-state index in [-0.39, 0.29) is 5.82 Å². The van der Waals surface area contributed by atoms with E-state index in [0.29, 0.717) is 39.2 Å². The third-order valence-corrected chi connectivity index (χ3v) is 3.17. The number of anilines is 1. The number of rotatable bonds is 3. The number of hydrogen-bond acceptors (Lipinski definition) is 2. The Morgan fingerprint density at radius 3 is 2.37 bits per heavy atom. The number of benzene rings is 2. The zero-order valence-electron chi connectivity index (χ0n) is 10.2. The molecule has 0 radical (unpaired) electrons. The van der Waals surface area contributed by atoms with Crippen molar-refractivity contribution in [2.75, 3.05) is 12.3 Å². The molecule has 0 saturated carbocycles. The first-order valence-electron chi connectivity index (χ1n) is 5.70. The molecule has 2 N–H and O–H groups in total. The van der Waals surface area contributed by atoms with Gasteiger partial charge in [-0.1, -0.05) is 23.2 Å². The molecular formula is C14H12Cl2FNO. The van der Waals surface area contributed by atoms with E-state index in [1.807, 2.05) is 6.92 Å². The maximum Gasteiger partial charge on any atom is 0.130 e. The lowest BCUT2D eigenvalue weighted by atomic mass is 10.0. The van der Waals surface area contributed by atoms with E-state index >= 15 is 0 Å². The van der Waals surface area contributed by atoms with E-state index in [9.17, 15) is 4.39 Å². The van der Waals surface area contributed by atoms with Crippen LogP contribution in [0.4, 0.5) is 10.1 Å². The quantitative estimate of drug-likeness (QED) is 0.828. The van der Waals surface area contributed by atoms with Crippen molar-refractivity contribution < 1.29 is 9.13 Å². The SMILES string of the molecule is CCOc1cc(F)ccc1-c1c(Cl)cc(N)cc1Cl. The molecule has 0 aliphatic heterocycles. The smallest absolute Gasteiger partial charge is 0.130 e. The lowest BCUT2D eigenvalue weighted by Crippen LogP contribution is -1.96. The molecule has 0 aromatic heterocycles. The molecule has 0 aliphatic carbocycles. The highest BCUT2D eigenvalue weighted by Crippen LogP contribution is 2.41. The summed E-state index contributed by atoms with van der Waals surface area (Å²) in [6.07, 6.45) is 0. The molecule has 2 aromatic rings. The molecule has 5 heteroatoms. The largest absolute Gasteiger partial charge is 0.493 e. The van der Waals surface area contributed by atoms with Crippen LogP contribution in [-0.4, -0.2) is 6.61 Å². The van der Waals surface area contributed by atoms with Crippen LogP contribution in [0, 0.1) is 5.82 Å². The summed E-state index contributed by atoms with van der Waals surface area (Å²) in [5.41, 5.74) is 7.36. The lowest BCUT2D eigenvalue weighted by molar-refractivity contribution is 0.339. The zero-order chi connectivity index (χ0) is 14.0. The number of halogens is 3. The highest BCUT2D eigenvalue weighted by Gasteiger charge is 2.15. The summed E-state index contributed by atoms with van der Waals surface area (Å²) in [5.74, 6) is 0.0194. The van der Waals surface area contributed by atoms with Gasteiger partial charge >= 0.3 is 0 Å². The second-order valence-electron chi connectivity index (χ2n) is 3.93. The molecule has 0 aliphatic rings. The highest BCUT2D eigenvalue weighted by atomic mass is 35.5. The van der Waals surface area contributed by atoms with Crippen LogP contribution in [0.5, 0.6) is 5.75 Å². The first-order valence-corrected chi connectivity index (χ1v) is 6.45. The van der Waals surface area contributed by atoms with Gasteiger partial charge in [0.1, 0.15) is 11.6 Å². The van der Waals surface area contributed by atoms with E-state index in [4.69, 9.17) is 33.7 Å². The second kappa shape index (κ2) is 5.68. The van der Waals surface area contributed by atoms with Crippen molar-refractivity contribution in [2.24, 2.45) is 0 Å². The molecular weight excluding hydrogens is 288 g/mol. The summed E-state index contributed by atoms with van der Waals surface area (Å²) < 4.78 is 18.7. The van der Waals surface area contributed by atoms with E-state index in [1.54, 1.807) is 18.2 Å². The molecule has 100 valence electrons. The van der Waals surface area contributed by atoms with Crippen molar-refractivity contribution in [3.05, 3.63) is 46.2 Å². The predicted molar refractivity (Wildman–Crippen MR) is 77.4 cm³/mol. The second-order valence-corrected chi connectivity index (χ2v) is 4.75. The van der Waals surface area contributed by atoms with Gasteiger partial charge in [-0.25, -0.2) is 4.39 Å². The van der Waals surface area contributed by atoms with Gasteiger partial charge < -0.3 is 10.5 Å². The van der Waals surface area contributed by atoms with Crippen molar-refractivity contribution in [1.82, 2.24) is 0 Å². The lowest BCUT2D eigenvalue weighted by Gasteiger charge is -2.13. The van der Waals surface area contributed by atoms with E-state index in [2.05, 4.69) is 0 Å². The van der Waals surface area contributed by atoms with Crippen molar-refractivity contribution in [2.45, 2.75) is 6.92 Å². The van der Waals surface area contributed by atoms with Crippen molar-refractivity contribution in [3.8, 4) is 16.9 Å². The summed E-state index contributed by atoms with van der Waals surface area (Å²) >= 11 is 12.3. The fourth-order valence-electron chi connectivity index (χ4n) is 1.83. The molecule has 0 saturated heterocycles. The van der Waals surface area contributed by atoms with Crippen molar-refractivity contribution in [1.29, 1.82) is 0 Å². The number of hydrogen-bond donors (Lipinski definition) is 1. The first-order chi connectivity index (χ1) is 9.02. The maximum absolute atomic E-state index is 13.3. The van der Waals surface area contributed by atoms with Crippen LogP contribution in [0.1, 0.15) is 6.92 Å². The van der Waals surface area contributed by atoms with E-state index in [0.717, 1.165) is 0 Å². The highest BCUT2D eigenvalue weighted by molar-refractivity contribution is 6.39. The van der Waals surface area contributed by atoms with Gasteiger partial charge in [-0.2, -0.15) is 0 Å². The monoisotopic (exact) mass is 299 g/mol. The van der Waals surface area contributed by atoms with Crippen molar-refractivity contribution in [3.63, 3.8) is 0 Å². The number of nitrogens with two attached hydrogens (primary N) is 1. The molecule has 2 nitrogen and oxygen atoms in total. The van der Waals surface area contributed by atoms with Gasteiger partial charge in [0.25, 0.3) is 0 Å². The molecule has 0 heterocycles. The first kappa shape index (κ1) is 14.0. The molecule has 2 rings (SSSR count). The Kier molecular flexibility index (Phi) is 4.17. The van der Waals surface area contributed by atoms with Crippen LogP contribution < -0.4 is 10.5 Å². The summed E-state index contributed by atoms with van der Waals surface area (Å²) in [4.78, 5) is 0. The Bertz CT molecular complexity index is 593. The normalized spacial score (nSPS) is 10.5. The van der Waals surface area contributed by atoms with E-state index in [1.165, 1.54) is 12.1 Å². The standard InChI is InChI=1S/C14H12Cl2FNO/c1-2-19-13-5-8(17)3-4-10(13)14-11(15)6-9(18)7-12(14)16/h3-7H,2,18H2,1H3. The van der Waals surface area contributed by atoms with Crippen LogP contribution in [0.15, 0.2) is 30.3 Å². The summed E-state index contributed by atoms with van der Waals surface area (Å²) in [6.45, 7) is 2.24. The Morgan fingerprint density at radius 1 is 1.16 bits per heavy atom. The van der Waals surface area contributed by atoms with Crippen LogP contribution >= 0.6 is 23.2 Å². The minimum absolute atomic E-state index is 0.380. The minimum Gasteiger partial charge on any atom is -0.493 e. The average molecular weight is 300 g/mol. The van der Waals surface area contributed by atoms with Crippen LogP contribution in [0.3, 0.4) is 0 Å². The third-order valence-electron chi connectivity index (χ3n) is 2.58. The van der Waals surface area contributed by atoms with Gasteiger partial charge in [0.15, 0.2) is 0 Å². The van der Waals surface area contributed by atoms with Crippen LogP contribution in [0.2, 0.25) is 10.0 Å². The topological polar surface area (TPSA) is 35.2 Å². The summed E-state index contributed by atoms with van der Waals surface area (Å²) in [5, 5.41) is 0.801. The Labute approximate surface area is 120 Å². The maximum atomic E-state index is 13.3. The molecule has 0 atom stereocenters. The Hall–Kier alpha value is -1.45. The Balaban J connectivity index is 2.65. The molecule has 0 amide bonds.